The lowest BCUT2D eigenvalue weighted by Crippen LogP contribution is -1.98. The van der Waals surface area contributed by atoms with Gasteiger partial charge in [0.25, 0.3) is 0 Å². The standard InChI is InChI=1S/C11H19Br2N3/c1-2-3-4-5-6-7-8-9-16-10(12)14-15-11(16)13/h2-9H2,1H3. The Morgan fingerprint density at radius 3 is 1.94 bits per heavy atom. The summed E-state index contributed by atoms with van der Waals surface area (Å²) in [5.41, 5.74) is 0. The molecule has 0 N–H and O–H groups in total. The van der Waals surface area contributed by atoms with E-state index in [1.165, 1.54) is 44.9 Å². The molecule has 0 aliphatic carbocycles. The molecule has 0 aromatic carbocycles. The van der Waals surface area contributed by atoms with Gasteiger partial charge in [-0.1, -0.05) is 45.4 Å². The molecule has 1 aromatic heterocycles. The first-order chi connectivity index (χ1) is 7.75. The van der Waals surface area contributed by atoms with E-state index in [1.54, 1.807) is 0 Å². The van der Waals surface area contributed by atoms with Gasteiger partial charge < -0.3 is 0 Å². The lowest BCUT2D eigenvalue weighted by Gasteiger charge is -2.04. The minimum absolute atomic E-state index is 0.811. The summed E-state index contributed by atoms with van der Waals surface area (Å²) >= 11 is 6.76. The zero-order valence-corrected chi connectivity index (χ0v) is 12.9. The Morgan fingerprint density at radius 2 is 1.38 bits per heavy atom. The van der Waals surface area contributed by atoms with E-state index >= 15 is 0 Å². The van der Waals surface area contributed by atoms with Crippen LogP contribution >= 0.6 is 31.9 Å². The van der Waals surface area contributed by atoms with E-state index in [1.807, 2.05) is 4.57 Å². The zero-order chi connectivity index (χ0) is 11.8. The van der Waals surface area contributed by atoms with E-state index in [9.17, 15) is 0 Å². The van der Waals surface area contributed by atoms with Crippen LogP contribution in [-0.4, -0.2) is 14.8 Å². The van der Waals surface area contributed by atoms with E-state index in [-0.39, 0.29) is 0 Å². The highest BCUT2D eigenvalue weighted by atomic mass is 79.9. The Morgan fingerprint density at radius 1 is 0.875 bits per heavy atom. The molecule has 0 unspecified atom stereocenters. The fraction of sp³-hybridized carbons (Fsp3) is 0.818. The fourth-order valence-corrected chi connectivity index (χ4v) is 2.77. The Hall–Kier alpha value is 0.1000. The van der Waals surface area contributed by atoms with Gasteiger partial charge in [-0.25, -0.2) is 0 Å². The largest absolute Gasteiger partial charge is 0.296 e. The molecule has 0 radical (unpaired) electrons. The second-order valence-corrected chi connectivity index (χ2v) is 5.43. The van der Waals surface area contributed by atoms with Crippen LogP contribution in [0.3, 0.4) is 0 Å². The quantitative estimate of drug-likeness (QED) is 0.642. The molecule has 0 aliphatic heterocycles. The van der Waals surface area contributed by atoms with Crippen LogP contribution in [-0.2, 0) is 6.54 Å². The molecule has 0 amide bonds. The molecule has 0 fully saturated rings. The van der Waals surface area contributed by atoms with Gasteiger partial charge in [0.15, 0.2) is 0 Å². The van der Waals surface area contributed by atoms with Gasteiger partial charge in [0, 0.05) is 6.54 Å². The monoisotopic (exact) mass is 351 g/mol. The number of rotatable bonds is 8. The molecule has 0 spiro atoms. The molecule has 0 bridgehead atoms. The molecule has 3 nitrogen and oxygen atoms in total. The van der Waals surface area contributed by atoms with Crippen molar-refractivity contribution in [1.29, 1.82) is 0 Å². The Labute approximate surface area is 114 Å². The van der Waals surface area contributed by atoms with Gasteiger partial charge in [-0.3, -0.25) is 4.57 Å². The topological polar surface area (TPSA) is 30.7 Å². The first-order valence-electron chi connectivity index (χ1n) is 6.00. The predicted molar refractivity (Wildman–Crippen MR) is 73.4 cm³/mol. The molecule has 1 heterocycles. The van der Waals surface area contributed by atoms with Crippen LogP contribution in [0.1, 0.15) is 51.9 Å². The lowest BCUT2D eigenvalue weighted by molar-refractivity contribution is 0.541. The molecule has 5 heteroatoms. The van der Waals surface area contributed by atoms with Crippen LogP contribution < -0.4 is 0 Å². The number of halogens is 2. The highest BCUT2D eigenvalue weighted by molar-refractivity contribution is 9.11. The Balaban J connectivity index is 2.07. The summed E-state index contributed by atoms with van der Waals surface area (Å²) in [4.78, 5) is 0. The number of unbranched alkanes of at least 4 members (excludes halogenated alkanes) is 6. The van der Waals surface area contributed by atoms with Gasteiger partial charge in [0.2, 0.25) is 9.47 Å². The van der Waals surface area contributed by atoms with Crippen molar-refractivity contribution in [2.75, 3.05) is 0 Å². The fourth-order valence-electron chi connectivity index (χ4n) is 1.68. The number of hydrogen-bond acceptors (Lipinski definition) is 2. The molecule has 1 aromatic rings. The van der Waals surface area contributed by atoms with Crippen LogP contribution in [0.25, 0.3) is 0 Å². The maximum atomic E-state index is 3.94. The SMILES string of the molecule is CCCCCCCCCn1c(Br)nnc1Br. The van der Waals surface area contributed by atoms with E-state index in [2.05, 4.69) is 49.0 Å². The number of aromatic nitrogens is 3. The van der Waals surface area contributed by atoms with Crippen molar-refractivity contribution >= 4 is 31.9 Å². The van der Waals surface area contributed by atoms with Crippen molar-refractivity contribution in [2.24, 2.45) is 0 Å². The smallest absolute Gasteiger partial charge is 0.200 e. The Bertz CT molecular complexity index is 280. The van der Waals surface area contributed by atoms with Crippen molar-refractivity contribution in [3.8, 4) is 0 Å². The molecule has 0 saturated carbocycles. The molecule has 92 valence electrons. The third-order valence-electron chi connectivity index (χ3n) is 2.65. The summed E-state index contributed by atoms with van der Waals surface area (Å²) in [5.74, 6) is 0. The summed E-state index contributed by atoms with van der Waals surface area (Å²) < 4.78 is 3.67. The van der Waals surface area contributed by atoms with Gasteiger partial charge in [0.05, 0.1) is 0 Å². The number of hydrogen-bond donors (Lipinski definition) is 0. The maximum Gasteiger partial charge on any atom is 0.200 e. The highest BCUT2D eigenvalue weighted by Crippen LogP contribution is 2.16. The molecule has 0 atom stereocenters. The second kappa shape index (κ2) is 8.23. The van der Waals surface area contributed by atoms with E-state index in [0.29, 0.717) is 0 Å². The second-order valence-electron chi connectivity index (χ2n) is 4.01. The average molecular weight is 353 g/mol. The number of nitrogens with zero attached hydrogens (tertiary/aromatic N) is 3. The van der Waals surface area contributed by atoms with Crippen molar-refractivity contribution in [2.45, 2.75) is 58.4 Å². The first-order valence-corrected chi connectivity index (χ1v) is 7.58. The lowest BCUT2D eigenvalue weighted by atomic mass is 10.1. The summed E-state index contributed by atoms with van der Waals surface area (Å²) in [6.45, 7) is 3.24. The van der Waals surface area contributed by atoms with Crippen molar-refractivity contribution < 1.29 is 0 Å². The van der Waals surface area contributed by atoms with Crippen LogP contribution in [0.15, 0.2) is 9.47 Å². The van der Waals surface area contributed by atoms with E-state index < -0.39 is 0 Å². The van der Waals surface area contributed by atoms with E-state index in [0.717, 1.165) is 16.0 Å². The van der Waals surface area contributed by atoms with Crippen LogP contribution in [0, 0.1) is 0 Å². The summed E-state index contributed by atoms with van der Waals surface area (Å²) in [6, 6.07) is 0. The van der Waals surface area contributed by atoms with Gasteiger partial charge in [-0.2, -0.15) is 0 Å². The third-order valence-corrected chi connectivity index (χ3v) is 3.82. The molecule has 0 saturated heterocycles. The third kappa shape index (κ3) is 4.95. The summed E-state index contributed by atoms with van der Waals surface area (Å²) in [7, 11) is 0. The molecular formula is C11H19Br2N3. The van der Waals surface area contributed by atoms with Gasteiger partial charge in [0.1, 0.15) is 0 Å². The zero-order valence-electron chi connectivity index (χ0n) is 9.75. The van der Waals surface area contributed by atoms with Crippen molar-refractivity contribution in [1.82, 2.24) is 14.8 Å². The summed E-state index contributed by atoms with van der Waals surface area (Å²) in [6.07, 6.45) is 9.29. The van der Waals surface area contributed by atoms with Gasteiger partial charge >= 0.3 is 0 Å². The Kier molecular flexibility index (Phi) is 7.28. The predicted octanol–water partition coefficient (Wildman–Crippen LogP) is 4.55. The van der Waals surface area contributed by atoms with Gasteiger partial charge in [-0.15, -0.1) is 10.2 Å². The average Bonchev–Trinajstić information content (AvgIpc) is 2.59. The van der Waals surface area contributed by atoms with Crippen molar-refractivity contribution in [3.63, 3.8) is 0 Å². The summed E-state index contributed by atoms with van der Waals surface area (Å²) in [5, 5.41) is 7.88. The van der Waals surface area contributed by atoms with Crippen LogP contribution in [0.2, 0.25) is 0 Å². The molecule has 1 rings (SSSR count). The van der Waals surface area contributed by atoms with Gasteiger partial charge in [-0.05, 0) is 38.3 Å². The van der Waals surface area contributed by atoms with Crippen molar-refractivity contribution in [3.05, 3.63) is 9.47 Å². The van der Waals surface area contributed by atoms with Crippen LogP contribution in [0.5, 0.6) is 0 Å². The molecular weight excluding hydrogens is 334 g/mol. The van der Waals surface area contributed by atoms with E-state index in [4.69, 9.17) is 0 Å². The maximum absolute atomic E-state index is 3.94. The minimum Gasteiger partial charge on any atom is -0.296 e. The highest BCUT2D eigenvalue weighted by Gasteiger charge is 2.05. The normalized spacial score (nSPS) is 10.9. The van der Waals surface area contributed by atoms with Crippen LogP contribution in [0.4, 0.5) is 0 Å². The molecule has 16 heavy (non-hydrogen) atoms. The molecule has 0 aliphatic rings. The first kappa shape index (κ1) is 14.2. The minimum atomic E-state index is 0.811.